The van der Waals surface area contributed by atoms with Crippen molar-refractivity contribution >= 4 is 17.8 Å². The van der Waals surface area contributed by atoms with Crippen LogP contribution in [0.25, 0.3) is 0 Å². The van der Waals surface area contributed by atoms with Crippen LogP contribution in [-0.4, -0.2) is 57.0 Å². The average molecular weight is 537 g/mol. The Kier molecular flexibility index (Phi) is 8.02. The number of nitrogens with zero attached hydrogens (tertiary/aromatic N) is 1. The van der Waals surface area contributed by atoms with Crippen molar-refractivity contribution in [3.63, 3.8) is 0 Å². The van der Waals surface area contributed by atoms with E-state index in [1.165, 1.54) is 50.6 Å². The third kappa shape index (κ3) is 5.57. The van der Waals surface area contributed by atoms with Gasteiger partial charge in [-0.2, -0.15) is 0 Å². The zero-order valence-corrected chi connectivity index (χ0v) is 22.5. The van der Waals surface area contributed by atoms with Gasteiger partial charge in [-0.15, -0.1) is 0 Å². The number of ether oxygens (including phenoxy) is 4. The molecule has 6 rings (SSSR count). The minimum absolute atomic E-state index is 0.0555. The van der Waals surface area contributed by atoms with Gasteiger partial charge in [0.25, 0.3) is 11.8 Å². The second-order valence-corrected chi connectivity index (χ2v) is 11.1. The van der Waals surface area contributed by atoms with Crippen LogP contribution >= 0.6 is 0 Å². The smallest absolute Gasteiger partial charge is 0.337 e. The minimum atomic E-state index is -0.667. The standard InChI is InChI=1S/C30H36N2O7/c1-36-9-10-38-18-39-26-8-7-24(14-25(26)30-15-19-11-20(16-30)13-21(12-19)17-30)28(34)32(31)27(33)22-3-5-23(6-4-22)29(35)37-2/h3-8,14,19-21H,9-13,15-18,31H2,1-2H3. The van der Waals surface area contributed by atoms with Crippen molar-refractivity contribution in [2.45, 2.75) is 43.9 Å². The molecule has 0 atom stereocenters. The van der Waals surface area contributed by atoms with Crippen LogP contribution < -0.4 is 10.6 Å². The van der Waals surface area contributed by atoms with E-state index < -0.39 is 17.8 Å². The van der Waals surface area contributed by atoms with Crippen molar-refractivity contribution in [3.8, 4) is 5.75 Å². The molecule has 2 amide bonds. The topological polar surface area (TPSA) is 117 Å². The summed E-state index contributed by atoms with van der Waals surface area (Å²) in [5, 5.41) is 0.625. The molecular weight excluding hydrogens is 500 g/mol. The van der Waals surface area contributed by atoms with E-state index in [-0.39, 0.29) is 17.8 Å². The Bertz CT molecular complexity index is 1190. The third-order valence-corrected chi connectivity index (χ3v) is 8.56. The lowest BCUT2D eigenvalue weighted by atomic mass is 9.48. The second kappa shape index (κ2) is 11.5. The number of methoxy groups -OCH3 is 2. The van der Waals surface area contributed by atoms with Gasteiger partial charge < -0.3 is 18.9 Å². The van der Waals surface area contributed by atoms with Crippen molar-refractivity contribution in [3.05, 3.63) is 64.7 Å². The van der Waals surface area contributed by atoms with Gasteiger partial charge in [0, 0.05) is 23.8 Å². The molecule has 4 bridgehead atoms. The highest BCUT2D eigenvalue weighted by molar-refractivity contribution is 6.10. The van der Waals surface area contributed by atoms with Gasteiger partial charge in [-0.05, 0) is 104 Å². The Balaban J connectivity index is 1.39. The van der Waals surface area contributed by atoms with Crippen LogP contribution in [0.2, 0.25) is 0 Å². The Morgan fingerprint density at radius 3 is 2.00 bits per heavy atom. The van der Waals surface area contributed by atoms with Crippen molar-refractivity contribution < 1.29 is 33.3 Å². The van der Waals surface area contributed by atoms with Gasteiger partial charge in [-0.1, -0.05) is 0 Å². The van der Waals surface area contributed by atoms with Crippen molar-refractivity contribution in [2.24, 2.45) is 23.6 Å². The van der Waals surface area contributed by atoms with Gasteiger partial charge in [-0.3, -0.25) is 9.59 Å². The molecule has 39 heavy (non-hydrogen) atoms. The van der Waals surface area contributed by atoms with E-state index in [4.69, 9.17) is 24.8 Å². The van der Waals surface area contributed by atoms with E-state index in [9.17, 15) is 14.4 Å². The summed E-state index contributed by atoms with van der Waals surface area (Å²) in [5.74, 6) is 7.06. The molecule has 0 aliphatic heterocycles. The summed E-state index contributed by atoms with van der Waals surface area (Å²) >= 11 is 0. The van der Waals surface area contributed by atoms with Gasteiger partial charge in [-0.25, -0.2) is 15.6 Å². The van der Waals surface area contributed by atoms with Crippen LogP contribution in [0.4, 0.5) is 0 Å². The molecule has 4 aliphatic rings. The fourth-order valence-corrected chi connectivity index (χ4v) is 7.19. The predicted molar refractivity (Wildman–Crippen MR) is 142 cm³/mol. The van der Waals surface area contributed by atoms with E-state index in [0.717, 1.165) is 24.8 Å². The Morgan fingerprint density at radius 1 is 0.846 bits per heavy atom. The molecule has 2 N–H and O–H groups in total. The number of imide groups is 1. The number of benzene rings is 2. The largest absolute Gasteiger partial charge is 0.467 e. The van der Waals surface area contributed by atoms with Gasteiger partial charge in [0.2, 0.25) is 0 Å². The Hall–Kier alpha value is -3.27. The number of hydrogen-bond acceptors (Lipinski definition) is 8. The molecule has 0 spiro atoms. The molecule has 0 heterocycles. The molecule has 0 unspecified atom stereocenters. The van der Waals surface area contributed by atoms with E-state index in [0.29, 0.717) is 52.9 Å². The highest BCUT2D eigenvalue weighted by Crippen LogP contribution is 2.62. The Morgan fingerprint density at radius 2 is 1.41 bits per heavy atom. The monoisotopic (exact) mass is 536 g/mol. The summed E-state index contributed by atoms with van der Waals surface area (Å²) in [6.45, 7) is 0.980. The molecule has 4 aliphatic carbocycles. The highest BCUT2D eigenvalue weighted by Gasteiger charge is 2.52. The van der Waals surface area contributed by atoms with Crippen LogP contribution in [0.1, 0.15) is 75.2 Å². The van der Waals surface area contributed by atoms with E-state index >= 15 is 0 Å². The molecule has 4 saturated carbocycles. The third-order valence-electron chi connectivity index (χ3n) is 8.56. The molecular formula is C30H36N2O7. The molecule has 9 heteroatoms. The lowest BCUT2D eigenvalue weighted by Gasteiger charge is -2.57. The fourth-order valence-electron chi connectivity index (χ4n) is 7.19. The van der Waals surface area contributed by atoms with Crippen LogP contribution in [0.5, 0.6) is 5.75 Å². The molecule has 4 fully saturated rings. The maximum absolute atomic E-state index is 13.4. The van der Waals surface area contributed by atoms with Crippen LogP contribution in [0, 0.1) is 17.8 Å². The van der Waals surface area contributed by atoms with Crippen LogP contribution in [-0.2, 0) is 19.6 Å². The maximum atomic E-state index is 13.4. The fraction of sp³-hybridized carbons (Fsp3) is 0.500. The predicted octanol–water partition coefficient (Wildman–Crippen LogP) is 4.10. The van der Waals surface area contributed by atoms with Crippen LogP contribution in [0.15, 0.2) is 42.5 Å². The highest BCUT2D eigenvalue weighted by atomic mass is 16.7. The number of hydrazine groups is 1. The normalized spacial score (nSPS) is 24.8. The summed E-state index contributed by atoms with van der Waals surface area (Å²) in [4.78, 5) is 38.2. The maximum Gasteiger partial charge on any atom is 0.337 e. The SMILES string of the molecule is COCCOCOc1ccc(C(=O)N(N)C(=O)c2ccc(C(=O)OC)cc2)cc1C12CC3CC(CC(C3)C1)C2. The summed E-state index contributed by atoms with van der Waals surface area (Å²) in [6, 6.07) is 11.1. The number of rotatable bonds is 10. The van der Waals surface area contributed by atoms with Crippen LogP contribution in [0.3, 0.4) is 0 Å². The van der Waals surface area contributed by atoms with Gasteiger partial charge in [0.05, 0.1) is 25.9 Å². The van der Waals surface area contributed by atoms with Gasteiger partial charge in [0.15, 0.2) is 6.79 Å². The first-order valence-corrected chi connectivity index (χ1v) is 13.5. The molecule has 208 valence electrons. The molecule has 2 aromatic rings. The number of hydrogen-bond donors (Lipinski definition) is 1. The van der Waals surface area contributed by atoms with Gasteiger partial charge in [0.1, 0.15) is 5.75 Å². The lowest BCUT2D eigenvalue weighted by Crippen LogP contribution is -2.49. The molecule has 0 aromatic heterocycles. The Labute approximate surface area is 228 Å². The number of esters is 1. The van der Waals surface area contributed by atoms with Crippen molar-refractivity contribution in [1.82, 2.24) is 5.01 Å². The first-order chi connectivity index (χ1) is 18.8. The zero-order chi connectivity index (χ0) is 27.6. The van der Waals surface area contributed by atoms with E-state index in [2.05, 4.69) is 0 Å². The van der Waals surface area contributed by atoms with Crippen molar-refractivity contribution in [1.29, 1.82) is 0 Å². The minimum Gasteiger partial charge on any atom is -0.467 e. The number of amides is 2. The molecule has 0 saturated heterocycles. The van der Waals surface area contributed by atoms with Gasteiger partial charge >= 0.3 is 5.97 Å². The number of nitrogens with two attached hydrogens (primary N) is 1. The summed E-state index contributed by atoms with van der Waals surface area (Å²) in [6.07, 6.45) is 7.09. The second-order valence-electron chi connectivity index (χ2n) is 11.1. The van der Waals surface area contributed by atoms with E-state index in [1.807, 2.05) is 6.07 Å². The zero-order valence-electron chi connectivity index (χ0n) is 22.5. The molecule has 9 nitrogen and oxygen atoms in total. The number of carbonyl (C=O) groups excluding carboxylic acids is 3. The molecule has 2 aromatic carbocycles. The summed E-state index contributed by atoms with van der Waals surface area (Å²) in [5.41, 5.74) is 1.76. The summed E-state index contributed by atoms with van der Waals surface area (Å²) in [7, 11) is 2.90. The summed E-state index contributed by atoms with van der Waals surface area (Å²) < 4.78 is 21.4. The lowest BCUT2D eigenvalue weighted by molar-refractivity contribution is -0.0189. The van der Waals surface area contributed by atoms with E-state index in [1.54, 1.807) is 19.2 Å². The average Bonchev–Trinajstić information content (AvgIpc) is 2.95. The quantitative estimate of drug-likeness (QED) is 0.0918. The first kappa shape index (κ1) is 27.3. The molecule has 0 radical (unpaired) electrons. The van der Waals surface area contributed by atoms with Crippen molar-refractivity contribution in [2.75, 3.05) is 34.2 Å². The first-order valence-electron chi connectivity index (χ1n) is 13.5. The number of carbonyl (C=O) groups is 3.